The van der Waals surface area contributed by atoms with Crippen LogP contribution < -0.4 is 4.90 Å². The van der Waals surface area contributed by atoms with Gasteiger partial charge in [0, 0.05) is 39.7 Å². The number of amides is 1. The molecule has 29 heavy (non-hydrogen) atoms. The minimum Gasteiger partial charge on any atom is -0.478 e. The number of benzene rings is 2. The smallest absolute Gasteiger partial charge is 0.327 e. The Bertz CT molecular complexity index is 958. The number of nitrogens with zero attached hydrogens (tertiary/aromatic N) is 1. The molecule has 2 aromatic carbocycles. The number of carboxylic acids is 1. The quantitative estimate of drug-likeness (QED) is 0.653. The molecule has 0 bridgehead atoms. The summed E-state index contributed by atoms with van der Waals surface area (Å²) < 4.78 is 6.26. The molecule has 0 unspecified atom stereocenters. The second-order valence-electron chi connectivity index (χ2n) is 7.01. The maximum absolute atomic E-state index is 13.3. The number of ether oxygens (including phenoxy) is 1. The van der Waals surface area contributed by atoms with Gasteiger partial charge in [-0.05, 0) is 38.1 Å². The number of aliphatic carboxylic acids is 1. The fourth-order valence-corrected chi connectivity index (χ4v) is 3.85. The highest BCUT2D eigenvalue weighted by atomic mass is 35.5. The predicted molar refractivity (Wildman–Crippen MR) is 114 cm³/mol. The van der Waals surface area contributed by atoms with Crippen LogP contribution in [0.4, 0.5) is 5.69 Å². The summed E-state index contributed by atoms with van der Waals surface area (Å²) >= 11 is 12.7. The van der Waals surface area contributed by atoms with E-state index >= 15 is 0 Å². The second-order valence-corrected chi connectivity index (χ2v) is 7.85. The van der Waals surface area contributed by atoms with Crippen LogP contribution in [-0.2, 0) is 14.3 Å². The first kappa shape index (κ1) is 21.4. The molecule has 1 N–H and O–H groups in total. The van der Waals surface area contributed by atoms with Crippen molar-refractivity contribution in [1.82, 2.24) is 0 Å². The van der Waals surface area contributed by atoms with Crippen molar-refractivity contribution in [3.8, 4) is 0 Å². The molecule has 1 aliphatic heterocycles. The third-order valence-electron chi connectivity index (χ3n) is 4.66. The van der Waals surface area contributed by atoms with E-state index < -0.39 is 18.2 Å². The molecule has 1 aliphatic rings. The molecule has 0 saturated heterocycles. The summed E-state index contributed by atoms with van der Waals surface area (Å²) in [5.41, 5.74) is 2.14. The fraction of sp³-hybridized carbons (Fsp3) is 0.273. The topological polar surface area (TPSA) is 66.8 Å². The Morgan fingerprint density at radius 1 is 1.21 bits per heavy atom. The molecule has 7 heteroatoms. The lowest BCUT2D eigenvalue weighted by Crippen LogP contribution is -2.43. The Balaban J connectivity index is 2.16. The van der Waals surface area contributed by atoms with Crippen LogP contribution >= 0.6 is 23.2 Å². The van der Waals surface area contributed by atoms with Gasteiger partial charge in [0.25, 0.3) is 5.91 Å². The van der Waals surface area contributed by atoms with Crippen LogP contribution in [0.5, 0.6) is 0 Å². The maximum Gasteiger partial charge on any atom is 0.327 e. The SMILES string of the molecule is CC(C)N1C(=O)[C@H](C/C=C/C(=O)O)O[C@@H](c2ccccc2Cl)c2cc(Cl)ccc21. The number of halogens is 2. The molecule has 1 heterocycles. The molecule has 0 radical (unpaired) electrons. The van der Waals surface area contributed by atoms with Gasteiger partial charge in [-0.2, -0.15) is 0 Å². The fourth-order valence-electron chi connectivity index (χ4n) is 3.43. The summed E-state index contributed by atoms with van der Waals surface area (Å²) in [6.07, 6.45) is 1.05. The lowest BCUT2D eigenvalue weighted by Gasteiger charge is -2.28. The molecule has 0 aromatic heterocycles. The van der Waals surface area contributed by atoms with Crippen molar-refractivity contribution in [2.45, 2.75) is 38.5 Å². The zero-order chi connectivity index (χ0) is 21.1. The standard InChI is InChI=1S/C22H21Cl2NO4/c1-13(2)25-18-11-10-14(23)12-16(18)21(15-6-3-4-7-17(15)24)29-19(22(25)28)8-5-9-20(26)27/h3-7,9-13,19,21H,8H2,1-2H3,(H,26,27)/b9-5+/t19-,21-/m0/s1. The van der Waals surface area contributed by atoms with E-state index in [2.05, 4.69) is 0 Å². The summed E-state index contributed by atoms with van der Waals surface area (Å²) in [7, 11) is 0. The summed E-state index contributed by atoms with van der Waals surface area (Å²) in [6, 6.07) is 12.5. The van der Waals surface area contributed by atoms with Crippen LogP contribution in [-0.4, -0.2) is 29.1 Å². The lowest BCUT2D eigenvalue weighted by molar-refractivity contribution is -0.133. The van der Waals surface area contributed by atoms with E-state index in [0.29, 0.717) is 21.3 Å². The van der Waals surface area contributed by atoms with Gasteiger partial charge in [-0.1, -0.05) is 47.5 Å². The molecule has 0 aliphatic carbocycles. The van der Waals surface area contributed by atoms with Crippen LogP contribution in [0.25, 0.3) is 0 Å². The monoisotopic (exact) mass is 433 g/mol. The van der Waals surface area contributed by atoms with E-state index in [1.165, 1.54) is 6.08 Å². The average Bonchev–Trinajstić information content (AvgIpc) is 2.77. The molecule has 0 spiro atoms. The van der Waals surface area contributed by atoms with Gasteiger partial charge in [0.1, 0.15) is 12.2 Å². The van der Waals surface area contributed by atoms with E-state index in [4.69, 9.17) is 33.0 Å². The summed E-state index contributed by atoms with van der Waals surface area (Å²) in [6.45, 7) is 3.83. The van der Waals surface area contributed by atoms with E-state index in [-0.39, 0.29) is 18.4 Å². The average molecular weight is 434 g/mol. The van der Waals surface area contributed by atoms with Crippen LogP contribution in [0.2, 0.25) is 10.0 Å². The number of rotatable bonds is 5. The van der Waals surface area contributed by atoms with Crippen LogP contribution in [0.1, 0.15) is 37.5 Å². The Morgan fingerprint density at radius 2 is 1.93 bits per heavy atom. The summed E-state index contributed by atoms with van der Waals surface area (Å²) in [5.74, 6) is -1.32. The summed E-state index contributed by atoms with van der Waals surface area (Å²) in [4.78, 5) is 25.8. The number of hydrogen-bond acceptors (Lipinski definition) is 3. The van der Waals surface area contributed by atoms with Gasteiger partial charge in [-0.3, -0.25) is 4.79 Å². The second kappa shape index (κ2) is 8.99. The van der Waals surface area contributed by atoms with Gasteiger partial charge in [-0.15, -0.1) is 0 Å². The number of hydrogen-bond donors (Lipinski definition) is 1. The van der Waals surface area contributed by atoms with Gasteiger partial charge >= 0.3 is 5.97 Å². The molecular weight excluding hydrogens is 413 g/mol. The molecule has 1 amide bonds. The number of carbonyl (C=O) groups excluding carboxylic acids is 1. The van der Waals surface area contributed by atoms with Gasteiger partial charge in [0.15, 0.2) is 0 Å². The highest BCUT2D eigenvalue weighted by molar-refractivity contribution is 6.31. The Labute approximate surface area is 179 Å². The Morgan fingerprint density at radius 3 is 2.59 bits per heavy atom. The molecule has 0 fully saturated rings. The Kier molecular flexibility index (Phi) is 6.63. The zero-order valence-electron chi connectivity index (χ0n) is 16.0. The highest BCUT2D eigenvalue weighted by Crippen LogP contribution is 2.42. The van der Waals surface area contributed by atoms with Crippen LogP contribution in [0.3, 0.4) is 0 Å². The first-order chi connectivity index (χ1) is 13.8. The van der Waals surface area contributed by atoms with Crippen molar-refractivity contribution in [1.29, 1.82) is 0 Å². The Hall–Kier alpha value is -2.34. The maximum atomic E-state index is 13.3. The minimum absolute atomic E-state index is 0.122. The van der Waals surface area contributed by atoms with E-state index in [1.54, 1.807) is 29.2 Å². The van der Waals surface area contributed by atoms with Gasteiger partial charge in [0.2, 0.25) is 0 Å². The minimum atomic E-state index is -1.08. The van der Waals surface area contributed by atoms with Crippen LogP contribution in [0, 0.1) is 0 Å². The van der Waals surface area contributed by atoms with Crippen molar-refractivity contribution >= 4 is 40.8 Å². The number of carbonyl (C=O) groups is 2. The molecule has 3 rings (SSSR count). The first-order valence-corrected chi connectivity index (χ1v) is 9.97. The molecule has 2 aromatic rings. The number of anilines is 1. The number of carboxylic acid groups (broad SMARTS) is 1. The largest absolute Gasteiger partial charge is 0.478 e. The van der Waals surface area contributed by atoms with Gasteiger partial charge in [-0.25, -0.2) is 4.79 Å². The third-order valence-corrected chi connectivity index (χ3v) is 5.24. The van der Waals surface area contributed by atoms with E-state index in [9.17, 15) is 9.59 Å². The highest BCUT2D eigenvalue weighted by Gasteiger charge is 2.37. The van der Waals surface area contributed by atoms with Crippen molar-refractivity contribution in [2.75, 3.05) is 4.90 Å². The van der Waals surface area contributed by atoms with E-state index in [1.807, 2.05) is 32.0 Å². The van der Waals surface area contributed by atoms with Crippen molar-refractivity contribution in [3.63, 3.8) is 0 Å². The van der Waals surface area contributed by atoms with Crippen molar-refractivity contribution in [2.24, 2.45) is 0 Å². The number of fused-ring (bicyclic) bond motifs is 1. The molecule has 5 nitrogen and oxygen atoms in total. The van der Waals surface area contributed by atoms with Crippen molar-refractivity contribution < 1.29 is 19.4 Å². The molecule has 152 valence electrons. The molecule has 2 atom stereocenters. The lowest BCUT2D eigenvalue weighted by atomic mass is 9.99. The zero-order valence-corrected chi connectivity index (χ0v) is 17.5. The normalized spacial score (nSPS) is 19.5. The van der Waals surface area contributed by atoms with E-state index in [0.717, 1.165) is 11.6 Å². The first-order valence-electron chi connectivity index (χ1n) is 9.21. The molecule has 0 saturated carbocycles. The molecular formula is C22H21Cl2NO4. The summed E-state index contributed by atoms with van der Waals surface area (Å²) in [5, 5.41) is 9.91. The van der Waals surface area contributed by atoms with Crippen molar-refractivity contribution in [3.05, 3.63) is 75.8 Å². The predicted octanol–water partition coefficient (Wildman–Crippen LogP) is 5.25. The van der Waals surface area contributed by atoms with Crippen LogP contribution in [0.15, 0.2) is 54.6 Å². The van der Waals surface area contributed by atoms with Gasteiger partial charge < -0.3 is 14.7 Å². The van der Waals surface area contributed by atoms with Gasteiger partial charge in [0.05, 0.1) is 5.69 Å². The third kappa shape index (κ3) is 4.64.